The number of nitrogens with two attached hydrogens (primary N) is 1. The SMILES string of the molecule is CC(C)(CCCC1CCCC1)c1ccc2c(c1O)C(O)=C1C(=O)[C@]3(O)C(O)=C(C(N)=O)C(=O)C[C@@H]3[C@@H](O)[C@@H]1C2. The van der Waals surface area contributed by atoms with Gasteiger partial charge in [-0.25, -0.2) is 0 Å². The molecule has 0 heterocycles. The van der Waals surface area contributed by atoms with Gasteiger partial charge in [0.25, 0.3) is 5.91 Å². The second-order valence-corrected chi connectivity index (χ2v) is 12.4. The standard InChI is InChI=1S/C30H37NO8/c1-29(2,11-5-8-14-6-3-4-7-14)17-10-9-15-12-16-21(25(35)20(15)24(17)34)26(36)30(39)18(23(16)33)13-19(32)22(27(30)37)28(31)38/h9-10,14,16,18,23,33-35,37,39H,3-8,11-13H2,1-2H3,(H2,31,38)/t16-,18-,23+,30+/m1/s1. The van der Waals surface area contributed by atoms with Gasteiger partial charge in [-0.05, 0) is 29.7 Å². The molecule has 2 saturated carbocycles. The van der Waals surface area contributed by atoms with E-state index < -0.39 is 69.9 Å². The fraction of sp³-hybridized carbons (Fsp3) is 0.567. The van der Waals surface area contributed by atoms with Gasteiger partial charge in [-0.3, -0.25) is 14.4 Å². The number of Topliss-reactive ketones (excluding diaryl/α,β-unsaturated/α-hetero) is 2. The molecular formula is C30H37NO8. The molecule has 5 rings (SSSR count). The lowest BCUT2D eigenvalue weighted by molar-refractivity contribution is -0.159. The van der Waals surface area contributed by atoms with Crippen LogP contribution in [0.15, 0.2) is 29.0 Å². The van der Waals surface area contributed by atoms with Gasteiger partial charge in [0.05, 0.1) is 11.7 Å². The third-order valence-electron chi connectivity index (χ3n) is 9.67. The molecule has 0 spiro atoms. The number of ketones is 2. The van der Waals surface area contributed by atoms with E-state index in [1.165, 1.54) is 25.7 Å². The van der Waals surface area contributed by atoms with Gasteiger partial charge < -0.3 is 31.3 Å². The number of aliphatic hydroxyl groups is 4. The van der Waals surface area contributed by atoms with Gasteiger partial charge in [0.1, 0.15) is 22.8 Å². The summed E-state index contributed by atoms with van der Waals surface area (Å²) in [6.45, 7) is 4.05. The first-order valence-corrected chi connectivity index (χ1v) is 13.8. The van der Waals surface area contributed by atoms with Crippen molar-refractivity contribution in [2.45, 2.75) is 88.8 Å². The van der Waals surface area contributed by atoms with E-state index in [2.05, 4.69) is 0 Å². The van der Waals surface area contributed by atoms with Crippen LogP contribution in [0.3, 0.4) is 0 Å². The molecule has 0 unspecified atom stereocenters. The van der Waals surface area contributed by atoms with Crippen molar-refractivity contribution >= 4 is 23.2 Å². The molecule has 39 heavy (non-hydrogen) atoms. The van der Waals surface area contributed by atoms with Crippen molar-refractivity contribution in [2.24, 2.45) is 23.5 Å². The Balaban J connectivity index is 1.54. The molecule has 0 radical (unpaired) electrons. The summed E-state index contributed by atoms with van der Waals surface area (Å²) in [4.78, 5) is 38.0. The Hall–Kier alpha value is -3.17. The minimum Gasteiger partial charge on any atom is -0.508 e. The Labute approximate surface area is 227 Å². The average Bonchev–Trinajstić information content (AvgIpc) is 3.37. The molecule has 4 atom stereocenters. The van der Waals surface area contributed by atoms with Crippen LogP contribution in [0.25, 0.3) is 5.76 Å². The Bertz CT molecular complexity index is 1320. The van der Waals surface area contributed by atoms with Crippen molar-refractivity contribution in [3.05, 3.63) is 45.7 Å². The highest BCUT2D eigenvalue weighted by Crippen LogP contribution is 2.53. The van der Waals surface area contributed by atoms with Gasteiger partial charge in [0.15, 0.2) is 11.4 Å². The van der Waals surface area contributed by atoms with Crippen LogP contribution in [0.5, 0.6) is 5.75 Å². The molecule has 9 heteroatoms. The fourth-order valence-corrected chi connectivity index (χ4v) is 7.43. The van der Waals surface area contributed by atoms with E-state index in [0.717, 1.165) is 25.2 Å². The number of primary amides is 1. The van der Waals surface area contributed by atoms with Crippen LogP contribution in [0, 0.1) is 17.8 Å². The molecule has 1 amide bonds. The lowest BCUT2D eigenvalue weighted by Crippen LogP contribution is -2.63. The van der Waals surface area contributed by atoms with E-state index in [9.17, 15) is 39.9 Å². The molecule has 0 aliphatic heterocycles. The Morgan fingerprint density at radius 3 is 2.41 bits per heavy atom. The van der Waals surface area contributed by atoms with Crippen molar-refractivity contribution < 1.29 is 39.9 Å². The first-order chi connectivity index (χ1) is 18.3. The molecule has 7 N–H and O–H groups in total. The molecule has 0 bridgehead atoms. The number of fused-ring (bicyclic) bond motifs is 3. The number of phenolic OH excluding ortho intramolecular Hbond substituents is 1. The second-order valence-electron chi connectivity index (χ2n) is 12.4. The quantitative estimate of drug-likeness (QED) is 0.299. The van der Waals surface area contributed by atoms with Crippen molar-refractivity contribution in [1.29, 1.82) is 0 Å². The molecule has 4 aliphatic rings. The number of aliphatic hydroxyl groups excluding tert-OH is 3. The number of aromatic hydroxyl groups is 1. The van der Waals surface area contributed by atoms with Crippen molar-refractivity contribution in [3.63, 3.8) is 0 Å². The zero-order chi connectivity index (χ0) is 28.4. The van der Waals surface area contributed by atoms with Crippen LogP contribution in [-0.4, -0.2) is 54.7 Å². The third kappa shape index (κ3) is 4.09. The average molecular weight is 540 g/mol. The Kier molecular flexibility index (Phi) is 6.66. The summed E-state index contributed by atoms with van der Waals surface area (Å²) < 4.78 is 0. The first-order valence-electron chi connectivity index (χ1n) is 13.8. The third-order valence-corrected chi connectivity index (χ3v) is 9.67. The van der Waals surface area contributed by atoms with Gasteiger partial charge in [0, 0.05) is 29.4 Å². The van der Waals surface area contributed by atoms with Crippen molar-refractivity contribution in [3.8, 4) is 5.75 Å². The van der Waals surface area contributed by atoms with Gasteiger partial charge >= 0.3 is 0 Å². The number of phenols is 1. The molecule has 0 aromatic heterocycles. The molecule has 1 aromatic carbocycles. The van der Waals surface area contributed by atoms with E-state index in [0.29, 0.717) is 11.1 Å². The molecule has 2 fully saturated rings. The van der Waals surface area contributed by atoms with Crippen LogP contribution in [0.2, 0.25) is 0 Å². The monoisotopic (exact) mass is 539 g/mol. The highest BCUT2D eigenvalue weighted by atomic mass is 16.4. The lowest BCUT2D eigenvalue weighted by Gasteiger charge is -2.48. The molecule has 4 aliphatic carbocycles. The number of carbonyl (C=O) groups is 3. The minimum atomic E-state index is -2.82. The summed E-state index contributed by atoms with van der Waals surface area (Å²) in [6, 6.07) is 3.58. The smallest absolute Gasteiger partial charge is 0.255 e. The summed E-state index contributed by atoms with van der Waals surface area (Å²) in [6.07, 6.45) is 6.01. The van der Waals surface area contributed by atoms with Gasteiger partial charge in [-0.2, -0.15) is 0 Å². The number of benzene rings is 1. The fourth-order valence-electron chi connectivity index (χ4n) is 7.43. The van der Waals surface area contributed by atoms with Gasteiger partial charge in [-0.15, -0.1) is 0 Å². The number of hydrogen-bond acceptors (Lipinski definition) is 8. The predicted molar refractivity (Wildman–Crippen MR) is 142 cm³/mol. The largest absolute Gasteiger partial charge is 0.508 e. The summed E-state index contributed by atoms with van der Waals surface area (Å²) in [5.74, 6) is -6.98. The predicted octanol–water partition coefficient (Wildman–Crippen LogP) is 3.03. The number of rotatable bonds is 6. The zero-order valence-electron chi connectivity index (χ0n) is 22.4. The van der Waals surface area contributed by atoms with Crippen LogP contribution in [0.1, 0.15) is 81.9 Å². The highest BCUT2D eigenvalue weighted by molar-refractivity contribution is 6.22. The summed E-state index contributed by atoms with van der Waals surface area (Å²) >= 11 is 0. The zero-order valence-corrected chi connectivity index (χ0v) is 22.4. The van der Waals surface area contributed by atoms with E-state index in [1.54, 1.807) is 6.07 Å². The van der Waals surface area contributed by atoms with E-state index >= 15 is 0 Å². The topological polar surface area (TPSA) is 178 Å². The Morgan fingerprint density at radius 1 is 1.10 bits per heavy atom. The van der Waals surface area contributed by atoms with E-state index in [1.807, 2.05) is 19.9 Å². The lowest BCUT2D eigenvalue weighted by atomic mass is 9.57. The van der Waals surface area contributed by atoms with Gasteiger partial charge in [-0.1, -0.05) is 64.5 Å². The maximum atomic E-state index is 13.7. The first kappa shape index (κ1) is 27.4. The molecule has 210 valence electrons. The maximum absolute atomic E-state index is 13.7. The second kappa shape index (κ2) is 9.48. The maximum Gasteiger partial charge on any atom is 0.255 e. The highest BCUT2D eigenvalue weighted by Gasteiger charge is 2.64. The van der Waals surface area contributed by atoms with Crippen molar-refractivity contribution in [1.82, 2.24) is 0 Å². The molecule has 0 saturated heterocycles. The van der Waals surface area contributed by atoms with Crippen LogP contribution >= 0.6 is 0 Å². The van der Waals surface area contributed by atoms with E-state index in [-0.39, 0.29) is 23.3 Å². The normalized spacial score (nSPS) is 29.4. The van der Waals surface area contributed by atoms with Crippen molar-refractivity contribution in [2.75, 3.05) is 0 Å². The molecule has 1 aromatic rings. The van der Waals surface area contributed by atoms with Gasteiger partial charge in [0.2, 0.25) is 5.78 Å². The summed E-state index contributed by atoms with van der Waals surface area (Å²) in [7, 11) is 0. The van der Waals surface area contributed by atoms with Crippen LogP contribution in [0.4, 0.5) is 0 Å². The Morgan fingerprint density at radius 2 is 1.77 bits per heavy atom. The summed E-state index contributed by atoms with van der Waals surface area (Å²) in [5.41, 5.74) is 1.90. The molecular weight excluding hydrogens is 502 g/mol. The number of carbonyl (C=O) groups excluding carboxylic acids is 3. The van der Waals surface area contributed by atoms with Crippen LogP contribution < -0.4 is 5.73 Å². The van der Waals surface area contributed by atoms with Crippen LogP contribution in [-0.2, 0) is 26.2 Å². The van der Waals surface area contributed by atoms with E-state index in [4.69, 9.17) is 5.73 Å². The summed E-state index contributed by atoms with van der Waals surface area (Å²) in [5, 5.41) is 56.1. The number of hydrogen-bond donors (Lipinski definition) is 6. The molecule has 9 nitrogen and oxygen atoms in total. The number of amides is 1. The minimum absolute atomic E-state index is 0.0516.